The summed E-state index contributed by atoms with van der Waals surface area (Å²) in [7, 11) is -2.45. The minimum Gasteiger partial charge on any atom is -0.314 e. The highest BCUT2D eigenvalue weighted by atomic mass is 32.2. The topological polar surface area (TPSA) is 57.7 Å². The third-order valence-corrected chi connectivity index (χ3v) is 7.03. The van der Waals surface area contributed by atoms with Crippen molar-refractivity contribution in [3.63, 3.8) is 0 Å². The summed E-state index contributed by atoms with van der Waals surface area (Å²) in [6.07, 6.45) is 0.324. The van der Waals surface area contributed by atoms with Gasteiger partial charge in [0.2, 0.25) is 15.9 Å². The molecule has 0 aromatic heterocycles. The van der Waals surface area contributed by atoms with E-state index in [-0.39, 0.29) is 19.0 Å². The maximum Gasteiger partial charge on any atom is 0.243 e. The lowest BCUT2D eigenvalue weighted by Gasteiger charge is -2.23. The molecule has 5 nitrogen and oxygen atoms in total. The van der Waals surface area contributed by atoms with E-state index in [4.69, 9.17) is 0 Å². The fourth-order valence-electron chi connectivity index (χ4n) is 3.92. The summed E-state index contributed by atoms with van der Waals surface area (Å²) in [5.41, 5.74) is 0.591. The summed E-state index contributed by atoms with van der Waals surface area (Å²) in [5, 5.41) is 0. The van der Waals surface area contributed by atoms with Crippen LogP contribution in [0.2, 0.25) is 0 Å². The number of hydrogen-bond acceptors (Lipinski definition) is 3. The molecule has 136 valence electrons. The Morgan fingerprint density at radius 1 is 1.08 bits per heavy atom. The predicted molar refractivity (Wildman–Crippen MR) is 91.3 cm³/mol. The maximum absolute atomic E-state index is 13.5. The molecule has 1 atom stereocenters. The molecule has 2 aromatic rings. The molecular weight excluding hydrogens is 362 g/mol. The first-order chi connectivity index (χ1) is 12.3. The Bertz CT molecular complexity index is 1000. The van der Waals surface area contributed by atoms with Gasteiger partial charge in [0, 0.05) is 31.9 Å². The molecule has 2 aromatic carbocycles. The summed E-state index contributed by atoms with van der Waals surface area (Å²) in [4.78, 5) is 14.0. The molecule has 0 bridgehead atoms. The van der Waals surface area contributed by atoms with Crippen molar-refractivity contribution in [1.29, 1.82) is 0 Å². The Hall–Kier alpha value is -2.32. The average Bonchev–Trinajstić information content (AvgIpc) is 3.13. The van der Waals surface area contributed by atoms with E-state index in [9.17, 15) is 22.0 Å². The number of para-hydroxylation sites is 1. The standard InChI is InChI=1S/C18H16F2N2O3S/c1-21-16-5-3-2-4-15(16)18(17(21)23)6-7-22(11-18)26(24,25)14-9-12(19)8-13(20)10-14/h2-5,8-10H,6-7,11H2,1H3/t18-/m0/s1. The number of sulfonamides is 1. The minimum absolute atomic E-state index is 0.0480. The third-order valence-electron chi connectivity index (χ3n) is 5.20. The summed E-state index contributed by atoms with van der Waals surface area (Å²) in [6, 6.07) is 9.48. The zero-order chi connectivity index (χ0) is 18.7. The third kappa shape index (κ3) is 2.29. The zero-order valence-electron chi connectivity index (χ0n) is 13.9. The number of amides is 1. The molecule has 1 saturated heterocycles. The normalized spacial score (nSPS) is 23.0. The molecule has 1 spiro atoms. The van der Waals surface area contributed by atoms with E-state index < -0.39 is 32.0 Å². The van der Waals surface area contributed by atoms with Gasteiger partial charge in [-0.1, -0.05) is 18.2 Å². The van der Waals surface area contributed by atoms with Crippen LogP contribution >= 0.6 is 0 Å². The number of anilines is 1. The number of hydrogen-bond donors (Lipinski definition) is 0. The Balaban J connectivity index is 1.74. The molecule has 0 unspecified atom stereocenters. The van der Waals surface area contributed by atoms with Crippen molar-refractivity contribution >= 4 is 21.6 Å². The number of likely N-dealkylation sites (N-methyl/N-ethyl adjacent to an activating group) is 1. The molecule has 2 aliphatic rings. The van der Waals surface area contributed by atoms with Crippen LogP contribution in [0.4, 0.5) is 14.5 Å². The number of nitrogens with zero attached hydrogens (tertiary/aromatic N) is 2. The first-order valence-corrected chi connectivity index (χ1v) is 9.54. The van der Waals surface area contributed by atoms with E-state index in [0.717, 1.165) is 27.7 Å². The van der Waals surface area contributed by atoms with Gasteiger partial charge < -0.3 is 4.90 Å². The Morgan fingerprint density at radius 2 is 1.73 bits per heavy atom. The number of carbonyl (C=O) groups is 1. The summed E-state index contributed by atoms with van der Waals surface area (Å²) in [5.74, 6) is -2.08. The Labute approximate surface area is 149 Å². The van der Waals surface area contributed by atoms with Gasteiger partial charge in [0.05, 0.1) is 10.3 Å². The Morgan fingerprint density at radius 3 is 2.42 bits per heavy atom. The summed E-state index contributed by atoms with van der Waals surface area (Å²) in [6.45, 7) is 0.0576. The lowest BCUT2D eigenvalue weighted by molar-refractivity contribution is -0.122. The molecule has 2 aliphatic heterocycles. The first-order valence-electron chi connectivity index (χ1n) is 8.10. The molecule has 1 amide bonds. The monoisotopic (exact) mass is 378 g/mol. The largest absolute Gasteiger partial charge is 0.314 e. The van der Waals surface area contributed by atoms with Gasteiger partial charge in [-0.3, -0.25) is 4.79 Å². The van der Waals surface area contributed by atoms with Crippen LogP contribution in [-0.4, -0.2) is 38.8 Å². The number of halogens is 2. The van der Waals surface area contributed by atoms with Crippen LogP contribution in [0.25, 0.3) is 0 Å². The number of benzene rings is 2. The van der Waals surface area contributed by atoms with Gasteiger partial charge in [0.1, 0.15) is 11.6 Å². The average molecular weight is 378 g/mol. The van der Waals surface area contributed by atoms with Crippen LogP contribution in [0.15, 0.2) is 47.4 Å². The van der Waals surface area contributed by atoms with E-state index in [2.05, 4.69) is 0 Å². The lowest BCUT2D eigenvalue weighted by Crippen LogP contribution is -2.42. The van der Waals surface area contributed by atoms with E-state index in [0.29, 0.717) is 12.5 Å². The number of fused-ring (bicyclic) bond motifs is 2. The second kappa shape index (κ2) is 5.59. The van der Waals surface area contributed by atoms with E-state index >= 15 is 0 Å². The van der Waals surface area contributed by atoms with Crippen LogP contribution in [-0.2, 0) is 20.2 Å². The first kappa shape index (κ1) is 17.1. The molecule has 2 heterocycles. The van der Waals surface area contributed by atoms with E-state index in [1.165, 1.54) is 4.90 Å². The smallest absolute Gasteiger partial charge is 0.243 e. The highest BCUT2D eigenvalue weighted by Gasteiger charge is 2.55. The number of rotatable bonds is 2. The van der Waals surface area contributed by atoms with Crippen LogP contribution in [0.1, 0.15) is 12.0 Å². The second-order valence-corrected chi connectivity index (χ2v) is 8.60. The predicted octanol–water partition coefficient (Wildman–Crippen LogP) is 2.27. The van der Waals surface area contributed by atoms with Gasteiger partial charge >= 0.3 is 0 Å². The minimum atomic E-state index is -4.11. The quantitative estimate of drug-likeness (QED) is 0.806. The van der Waals surface area contributed by atoms with Crippen molar-refractivity contribution in [2.75, 3.05) is 25.0 Å². The van der Waals surface area contributed by atoms with Gasteiger partial charge in [-0.05, 0) is 30.2 Å². The zero-order valence-corrected chi connectivity index (χ0v) is 14.8. The number of carbonyl (C=O) groups excluding carboxylic acids is 1. The second-order valence-electron chi connectivity index (χ2n) is 6.66. The van der Waals surface area contributed by atoms with Gasteiger partial charge in [-0.25, -0.2) is 17.2 Å². The van der Waals surface area contributed by atoms with Crippen molar-refractivity contribution < 1.29 is 22.0 Å². The molecule has 8 heteroatoms. The fourth-order valence-corrected chi connectivity index (χ4v) is 5.46. The lowest BCUT2D eigenvalue weighted by atomic mass is 9.81. The van der Waals surface area contributed by atoms with Crippen LogP contribution in [0, 0.1) is 11.6 Å². The van der Waals surface area contributed by atoms with Crippen LogP contribution < -0.4 is 4.90 Å². The molecule has 1 fully saturated rings. The fraction of sp³-hybridized carbons (Fsp3) is 0.278. The van der Waals surface area contributed by atoms with E-state index in [1.54, 1.807) is 7.05 Å². The molecule has 0 aliphatic carbocycles. The Kier molecular flexibility index (Phi) is 3.68. The molecule has 0 saturated carbocycles. The highest BCUT2D eigenvalue weighted by Crippen LogP contribution is 2.47. The van der Waals surface area contributed by atoms with Gasteiger partial charge in [0.25, 0.3) is 0 Å². The molecule has 0 radical (unpaired) electrons. The van der Waals surface area contributed by atoms with Crippen molar-refractivity contribution in [2.45, 2.75) is 16.7 Å². The van der Waals surface area contributed by atoms with Crippen molar-refractivity contribution in [1.82, 2.24) is 4.31 Å². The summed E-state index contributed by atoms with van der Waals surface area (Å²) >= 11 is 0. The maximum atomic E-state index is 13.5. The highest BCUT2D eigenvalue weighted by molar-refractivity contribution is 7.89. The molecule has 4 rings (SSSR count). The van der Waals surface area contributed by atoms with Crippen LogP contribution in [0.5, 0.6) is 0 Å². The summed E-state index contributed by atoms with van der Waals surface area (Å²) < 4.78 is 53.8. The van der Waals surface area contributed by atoms with Gasteiger partial charge in [-0.2, -0.15) is 4.31 Å². The molecule has 26 heavy (non-hydrogen) atoms. The van der Waals surface area contributed by atoms with Crippen molar-refractivity contribution in [2.24, 2.45) is 0 Å². The van der Waals surface area contributed by atoms with Crippen LogP contribution in [0.3, 0.4) is 0 Å². The van der Waals surface area contributed by atoms with Crippen molar-refractivity contribution in [3.05, 3.63) is 59.7 Å². The van der Waals surface area contributed by atoms with Crippen molar-refractivity contribution in [3.8, 4) is 0 Å². The van der Waals surface area contributed by atoms with Gasteiger partial charge in [0.15, 0.2) is 0 Å². The van der Waals surface area contributed by atoms with E-state index in [1.807, 2.05) is 24.3 Å². The SMILES string of the molecule is CN1C(=O)[C@]2(CCN(S(=O)(=O)c3cc(F)cc(F)c3)C2)c2ccccc21. The van der Waals surface area contributed by atoms with Gasteiger partial charge in [-0.15, -0.1) is 0 Å². The molecular formula is C18H16F2N2O3S. The molecule has 0 N–H and O–H groups in total.